The number of para-hydroxylation sites is 2. The van der Waals surface area contributed by atoms with E-state index in [0.29, 0.717) is 11.4 Å². The Morgan fingerprint density at radius 1 is 1.31 bits per heavy atom. The number of halogens is 1. The zero-order valence-corrected chi connectivity index (χ0v) is 15.7. The van der Waals surface area contributed by atoms with Crippen LogP contribution in [0.1, 0.15) is 0 Å². The average molecular weight is 402 g/mol. The van der Waals surface area contributed by atoms with Crippen molar-refractivity contribution < 1.29 is 22.7 Å². The van der Waals surface area contributed by atoms with Gasteiger partial charge in [0, 0.05) is 7.05 Å². The van der Waals surface area contributed by atoms with Gasteiger partial charge in [-0.3, -0.25) is 9.59 Å². The van der Waals surface area contributed by atoms with Gasteiger partial charge >= 0.3 is 0 Å². The summed E-state index contributed by atoms with van der Waals surface area (Å²) in [7, 11) is -1.71. The van der Waals surface area contributed by atoms with Gasteiger partial charge in [-0.15, -0.1) is 11.6 Å². The quantitative estimate of drug-likeness (QED) is 0.660. The van der Waals surface area contributed by atoms with E-state index < -0.39 is 27.4 Å². The Hall–Kier alpha value is -2.00. The maximum absolute atomic E-state index is 12.4. The first kappa shape index (κ1) is 18.8. The van der Waals surface area contributed by atoms with Crippen LogP contribution in [-0.4, -0.2) is 69.4 Å². The third-order valence-electron chi connectivity index (χ3n) is 4.36. The van der Waals surface area contributed by atoms with Crippen LogP contribution < -0.4 is 20.3 Å². The molecular weight excluding hydrogens is 382 g/mol. The lowest BCUT2D eigenvalue weighted by atomic mass is 10.1. The van der Waals surface area contributed by atoms with Crippen molar-refractivity contribution in [2.75, 3.05) is 36.5 Å². The predicted octanol–water partition coefficient (Wildman–Crippen LogP) is -0.479. The minimum atomic E-state index is -3.23. The van der Waals surface area contributed by atoms with E-state index in [9.17, 15) is 18.0 Å². The molecule has 0 saturated carbocycles. The second-order valence-corrected chi connectivity index (χ2v) is 9.05. The van der Waals surface area contributed by atoms with Gasteiger partial charge in [-0.25, -0.2) is 8.42 Å². The molecule has 1 saturated heterocycles. The van der Waals surface area contributed by atoms with Crippen LogP contribution >= 0.6 is 11.6 Å². The molecule has 10 heteroatoms. The first-order valence-corrected chi connectivity index (χ1v) is 10.4. The number of amides is 2. The molecule has 0 bridgehead atoms. The highest BCUT2D eigenvalue weighted by Gasteiger charge is 2.38. The molecule has 0 spiro atoms. The predicted molar refractivity (Wildman–Crippen MR) is 97.4 cm³/mol. The summed E-state index contributed by atoms with van der Waals surface area (Å²) in [5, 5.41) is 4.59. The van der Waals surface area contributed by atoms with Crippen molar-refractivity contribution >= 4 is 38.9 Å². The van der Waals surface area contributed by atoms with Gasteiger partial charge in [0.25, 0.3) is 5.91 Å². The lowest BCUT2D eigenvalue weighted by Gasteiger charge is -2.35. The van der Waals surface area contributed by atoms with E-state index >= 15 is 0 Å². The second-order valence-electron chi connectivity index (χ2n) is 6.34. The molecular formula is C16H20ClN3O5S. The van der Waals surface area contributed by atoms with Crippen molar-refractivity contribution in [2.24, 2.45) is 0 Å². The highest BCUT2D eigenvalue weighted by molar-refractivity contribution is 7.91. The highest BCUT2D eigenvalue weighted by atomic mass is 35.5. The lowest BCUT2D eigenvalue weighted by Crippen LogP contribution is -2.52. The SMILES string of the molecule is CNC(=O)[C@@H]1CN(CC(=O)N[C@@H]2CS(=O)(=O)C[C@@H]2Cl)c2ccccc2O1. The van der Waals surface area contributed by atoms with Gasteiger partial charge in [-0.1, -0.05) is 12.1 Å². The topological polar surface area (TPSA) is 105 Å². The van der Waals surface area contributed by atoms with Crippen molar-refractivity contribution in [1.29, 1.82) is 0 Å². The zero-order valence-electron chi connectivity index (χ0n) is 14.1. The van der Waals surface area contributed by atoms with E-state index in [1.54, 1.807) is 23.1 Å². The number of sulfone groups is 1. The summed E-state index contributed by atoms with van der Waals surface area (Å²) in [5.41, 5.74) is 0.698. The van der Waals surface area contributed by atoms with E-state index in [4.69, 9.17) is 16.3 Å². The summed E-state index contributed by atoms with van der Waals surface area (Å²) >= 11 is 6.03. The Morgan fingerprint density at radius 3 is 2.69 bits per heavy atom. The summed E-state index contributed by atoms with van der Waals surface area (Å²) < 4.78 is 28.9. The Kier molecular flexibility index (Phi) is 5.29. The molecule has 8 nitrogen and oxygen atoms in total. The van der Waals surface area contributed by atoms with E-state index in [-0.39, 0.29) is 36.4 Å². The van der Waals surface area contributed by atoms with Gasteiger partial charge in [0.2, 0.25) is 5.91 Å². The molecule has 3 rings (SSSR count). The fourth-order valence-electron chi connectivity index (χ4n) is 3.12. The number of rotatable bonds is 4. The van der Waals surface area contributed by atoms with Crippen LogP contribution in [-0.2, 0) is 19.4 Å². The van der Waals surface area contributed by atoms with Crippen molar-refractivity contribution in [1.82, 2.24) is 10.6 Å². The number of nitrogens with zero attached hydrogens (tertiary/aromatic N) is 1. The van der Waals surface area contributed by atoms with Crippen LogP contribution in [0.25, 0.3) is 0 Å². The largest absolute Gasteiger partial charge is 0.477 e. The molecule has 2 aliphatic heterocycles. The molecule has 3 atom stereocenters. The minimum Gasteiger partial charge on any atom is -0.477 e. The zero-order chi connectivity index (χ0) is 18.9. The number of benzene rings is 1. The molecule has 1 fully saturated rings. The maximum Gasteiger partial charge on any atom is 0.262 e. The van der Waals surface area contributed by atoms with Gasteiger partial charge in [0.15, 0.2) is 15.9 Å². The fraction of sp³-hybridized carbons (Fsp3) is 0.500. The number of carbonyl (C=O) groups excluding carboxylic acids is 2. The third-order valence-corrected chi connectivity index (χ3v) is 6.74. The molecule has 142 valence electrons. The Bertz CT molecular complexity index is 816. The first-order valence-electron chi connectivity index (χ1n) is 8.15. The van der Waals surface area contributed by atoms with Gasteiger partial charge in [0.05, 0.1) is 41.7 Å². The number of anilines is 1. The molecule has 0 unspecified atom stereocenters. The number of hydrogen-bond acceptors (Lipinski definition) is 6. The maximum atomic E-state index is 12.4. The van der Waals surface area contributed by atoms with Crippen LogP contribution in [0.5, 0.6) is 5.75 Å². The smallest absolute Gasteiger partial charge is 0.262 e. The third kappa shape index (κ3) is 4.04. The Morgan fingerprint density at radius 2 is 2.04 bits per heavy atom. The summed E-state index contributed by atoms with van der Waals surface area (Å²) in [6.45, 7) is 0.172. The van der Waals surface area contributed by atoms with Gasteiger partial charge in [-0.2, -0.15) is 0 Å². The van der Waals surface area contributed by atoms with Gasteiger partial charge in [-0.05, 0) is 12.1 Å². The molecule has 1 aromatic carbocycles. The van der Waals surface area contributed by atoms with E-state index in [1.807, 2.05) is 6.07 Å². The summed E-state index contributed by atoms with van der Waals surface area (Å²) in [4.78, 5) is 26.1. The highest BCUT2D eigenvalue weighted by Crippen LogP contribution is 2.32. The number of fused-ring (bicyclic) bond motifs is 1. The number of nitrogens with one attached hydrogen (secondary N) is 2. The summed E-state index contributed by atoms with van der Waals surface area (Å²) in [6.07, 6.45) is -0.740. The molecule has 2 aliphatic rings. The Labute approximate surface area is 156 Å². The molecule has 2 N–H and O–H groups in total. The lowest BCUT2D eigenvalue weighted by molar-refractivity contribution is -0.127. The normalized spacial score (nSPS) is 26.5. The molecule has 0 aromatic heterocycles. The van der Waals surface area contributed by atoms with Crippen molar-refractivity contribution in [3.05, 3.63) is 24.3 Å². The molecule has 0 aliphatic carbocycles. The van der Waals surface area contributed by atoms with Crippen LogP contribution in [0.3, 0.4) is 0 Å². The van der Waals surface area contributed by atoms with E-state index in [2.05, 4.69) is 10.6 Å². The number of ether oxygens (including phenoxy) is 1. The van der Waals surface area contributed by atoms with Crippen LogP contribution in [0.2, 0.25) is 0 Å². The fourth-order valence-corrected chi connectivity index (χ4v) is 5.67. The number of hydrogen-bond donors (Lipinski definition) is 2. The van der Waals surface area contributed by atoms with Crippen molar-refractivity contribution in [2.45, 2.75) is 17.5 Å². The first-order chi connectivity index (χ1) is 12.3. The number of alkyl halides is 1. The Balaban J connectivity index is 1.71. The minimum absolute atomic E-state index is 0.0337. The second kappa shape index (κ2) is 7.32. The van der Waals surface area contributed by atoms with Gasteiger partial charge in [0.1, 0.15) is 5.75 Å². The van der Waals surface area contributed by atoms with E-state index in [1.165, 1.54) is 7.05 Å². The number of carbonyl (C=O) groups is 2. The van der Waals surface area contributed by atoms with E-state index in [0.717, 1.165) is 0 Å². The van der Waals surface area contributed by atoms with Crippen LogP contribution in [0, 0.1) is 0 Å². The summed E-state index contributed by atoms with van der Waals surface area (Å²) in [5.74, 6) is -0.428. The molecule has 26 heavy (non-hydrogen) atoms. The molecule has 2 heterocycles. The van der Waals surface area contributed by atoms with Gasteiger partial charge < -0.3 is 20.3 Å². The van der Waals surface area contributed by atoms with Crippen molar-refractivity contribution in [3.63, 3.8) is 0 Å². The van der Waals surface area contributed by atoms with Crippen molar-refractivity contribution in [3.8, 4) is 5.75 Å². The molecule has 2 amide bonds. The van der Waals surface area contributed by atoms with Crippen LogP contribution in [0.4, 0.5) is 5.69 Å². The standard InChI is InChI=1S/C16H20ClN3O5S/c1-18-16(22)14-6-20(12-4-2-3-5-13(12)25-14)7-15(21)19-11-9-26(23,24)8-10(11)17/h2-5,10-11,14H,6-9H2,1H3,(H,18,22)(H,19,21)/t10-,11+,14-/m0/s1. The van der Waals surface area contributed by atoms with Crippen LogP contribution in [0.15, 0.2) is 24.3 Å². The number of likely N-dealkylation sites (N-methyl/N-ethyl adjacent to an activating group) is 1. The molecule has 0 radical (unpaired) electrons. The summed E-state index contributed by atoms with van der Waals surface area (Å²) in [6, 6.07) is 6.51. The average Bonchev–Trinajstić information content (AvgIpc) is 2.85. The molecule has 1 aromatic rings. The monoisotopic (exact) mass is 401 g/mol.